The molecule has 0 bridgehead atoms. The van der Waals surface area contributed by atoms with Gasteiger partial charge in [-0.3, -0.25) is 0 Å². The first-order chi connectivity index (χ1) is 16.3. The molecular weight excluding hydrogens is 468 g/mol. The normalized spacial score (nSPS) is 11.8. The highest BCUT2D eigenvalue weighted by atomic mass is 79.9. The van der Waals surface area contributed by atoms with Gasteiger partial charge in [0.15, 0.2) is 0 Å². The molecule has 0 aliphatic heterocycles. The predicted molar refractivity (Wildman–Crippen MR) is 143 cm³/mol. The molecule has 7 rings (SSSR count). The van der Waals surface area contributed by atoms with Gasteiger partial charge in [-0.2, -0.15) is 0 Å². The van der Waals surface area contributed by atoms with E-state index in [1.54, 1.807) is 0 Å². The number of rotatable bonds is 2. The summed E-state index contributed by atoms with van der Waals surface area (Å²) in [4.78, 5) is 0. The maximum Gasteiger partial charge on any atom is 0.0562 e. The molecule has 0 amide bonds. The van der Waals surface area contributed by atoms with E-state index in [-0.39, 0.29) is 0 Å². The van der Waals surface area contributed by atoms with Gasteiger partial charge < -0.3 is 9.13 Å². The number of para-hydroxylation sites is 3. The third-order valence-electron chi connectivity index (χ3n) is 6.57. The van der Waals surface area contributed by atoms with E-state index in [0.29, 0.717) is 0 Å². The third-order valence-corrected chi connectivity index (χ3v) is 7.06. The van der Waals surface area contributed by atoms with Crippen LogP contribution in [0.3, 0.4) is 0 Å². The van der Waals surface area contributed by atoms with Crippen LogP contribution in [0, 0.1) is 0 Å². The molecular formula is C30H19BrN2. The molecule has 2 nitrogen and oxygen atoms in total. The number of benzene rings is 5. The molecule has 156 valence electrons. The van der Waals surface area contributed by atoms with Crippen molar-refractivity contribution in [3.63, 3.8) is 0 Å². The highest BCUT2D eigenvalue weighted by molar-refractivity contribution is 9.10. The minimum Gasteiger partial charge on any atom is -0.309 e. The molecule has 0 N–H and O–H groups in total. The average Bonchev–Trinajstić information content (AvgIpc) is 3.37. The average molecular weight is 487 g/mol. The Morgan fingerprint density at radius 2 is 1.09 bits per heavy atom. The van der Waals surface area contributed by atoms with E-state index in [2.05, 4.69) is 140 Å². The molecule has 0 fully saturated rings. The van der Waals surface area contributed by atoms with Crippen molar-refractivity contribution in [1.82, 2.24) is 9.13 Å². The van der Waals surface area contributed by atoms with E-state index < -0.39 is 0 Å². The zero-order valence-electron chi connectivity index (χ0n) is 17.7. The first-order valence-corrected chi connectivity index (χ1v) is 11.9. The number of nitrogens with zero attached hydrogens (tertiary/aromatic N) is 2. The highest BCUT2D eigenvalue weighted by Gasteiger charge is 2.19. The molecule has 0 atom stereocenters. The maximum atomic E-state index is 3.67. The Hall–Kier alpha value is -3.82. The summed E-state index contributed by atoms with van der Waals surface area (Å²) in [6.45, 7) is 0. The van der Waals surface area contributed by atoms with Crippen molar-refractivity contribution < 1.29 is 0 Å². The van der Waals surface area contributed by atoms with E-state index in [0.717, 1.165) is 4.47 Å². The predicted octanol–water partition coefficient (Wildman–Crippen LogP) is 8.64. The van der Waals surface area contributed by atoms with Crippen LogP contribution in [-0.4, -0.2) is 9.13 Å². The monoisotopic (exact) mass is 486 g/mol. The van der Waals surface area contributed by atoms with Crippen LogP contribution >= 0.6 is 15.9 Å². The van der Waals surface area contributed by atoms with Crippen LogP contribution in [0.2, 0.25) is 0 Å². The molecule has 0 saturated heterocycles. The van der Waals surface area contributed by atoms with Crippen LogP contribution in [0.15, 0.2) is 120 Å². The van der Waals surface area contributed by atoms with Crippen molar-refractivity contribution in [2.75, 3.05) is 0 Å². The van der Waals surface area contributed by atoms with Gasteiger partial charge in [0.25, 0.3) is 0 Å². The fourth-order valence-corrected chi connectivity index (χ4v) is 5.61. The van der Waals surface area contributed by atoms with Crippen LogP contribution in [0.1, 0.15) is 0 Å². The second-order valence-corrected chi connectivity index (χ2v) is 9.29. The topological polar surface area (TPSA) is 9.86 Å². The van der Waals surface area contributed by atoms with Crippen LogP contribution in [0.5, 0.6) is 0 Å². The molecule has 0 saturated carbocycles. The van der Waals surface area contributed by atoms with E-state index in [1.165, 1.54) is 55.0 Å². The zero-order valence-corrected chi connectivity index (χ0v) is 19.3. The van der Waals surface area contributed by atoms with Gasteiger partial charge in [-0.15, -0.1) is 0 Å². The van der Waals surface area contributed by atoms with Crippen molar-refractivity contribution in [2.24, 2.45) is 0 Å². The van der Waals surface area contributed by atoms with Gasteiger partial charge in [0.05, 0.1) is 27.8 Å². The smallest absolute Gasteiger partial charge is 0.0562 e. The standard InChI is InChI=1S/C30H19BrN2/c31-20-17-18-27-24(19-20)22-11-4-6-13-25(22)33(27)29-16-8-15-28-30(29)23-12-5-7-14-26(23)32(28)21-9-2-1-3-10-21/h1-19H. The molecule has 5 aromatic carbocycles. The Labute approximate surface area is 199 Å². The van der Waals surface area contributed by atoms with E-state index in [9.17, 15) is 0 Å². The lowest BCUT2D eigenvalue weighted by Gasteiger charge is -2.11. The summed E-state index contributed by atoms with van der Waals surface area (Å²) >= 11 is 3.67. The highest BCUT2D eigenvalue weighted by Crippen LogP contribution is 2.40. The third kappa shape index (κ3) is 2.66. The Bertz CT molecular complexity index is 1820. The molecule has 0 spiro atoms. The molecule has 3 heteroatoms. The van der Waals surface area contributed by atoms with E-state index in [1.807, 2.05) is 0 Å². The van der Waals surface area contributed by atoms with Crippen LogP contribution < -0.4 is 0 Å². The summed E-state index contributed by atoms with van der Waals surface area (Å²) in [5, 5.41) is 5.04. The van der Waals surface area contributed by atoms with Crippen molar-refractivity contribution in [3.8, 4) is 11.4 Å². The molecule has 7 aromatic rings. The quantitative estimate of drug-likeness (QED) is 0.231. The first kappa shape index (κ1) is 18.7. The zero-order chi connectivity index (χ0) is 21.9. The fraction of sp³-hybridized carbons (Fsp3) is 0. The summed E-state index contributed by atoms with van der Waals surface area (Å²) in [5.41, 5.74) is 7.23. The molecule has 0 unspecified atom stereocenters. The Morgan fingerprint density at radius 3 is 1.91 bits per heavy atom. The van der Waals surface area contributed by atoms with Crippen molar-refractivity contribution in [2.45, 2.75) is 0 Å². The Morgan fingerprint density at radius 1 is 0.455 bits per heavy atom. The second kappa shape index (κ2) is 7.09. The molecule has 0 aliphatic rings. The summed E-state index contributed by atoms with van der Waals surface area (Å²) in [7, 11) is 0. The van der Waals surface area contributed by atoms with E-state index >= 15 is 0 Å². The summed E-state index contributed by atoms with van der Waals surface area (Å²) in [6, 6.07) is 41.3. The first-order valence-electron chi connectivity index (χ1n) is 11.1. The molecule has 0 aliphatic carbocycles. The number of halogens is 1. The lowest BCUT2D eigenvalue weighted by atomic mass is 10.1. The van der Waals surface area contributed by atoms with Crippen molar-refractivity contribution >= 4 is 59.5 Å². The largest absolute Gasteiger partial charge is 0.309 e. The number of hydrogen-bond acceptors (Lipinski definition) is 0. The van der Waals surface area contributed by atoms with Gasteiger partial charge in [0.2, 0.25) is 0 Å². The van der Waals surface area contributed by atoms with Crippen molar-refractivity contribution in [1.29, 1.82) is 0 Å². The Balaban J connectivity index is 1.69. The number of fused-ring (bicyclic) bond motifs is 6. The Kier molecular flexibility index (Phi) is 4.02. The lowest BCUT2D eigenvalue weighted by Crippen LogP contribution is -1.96. The van der Waals surface area contributed by atoms with E-state index in [4.69, 9.17) is 0 Å². The van der Waals surface area contributed by atoms with Crippen LogP contribution in [0.4, 0.5) is 0 Å². The van der Waals surface area contributed by atoms with Crippen LogP contribution in [0.25, 0.3) is 55.0 Å². The molecule has 0 radical (unpaired) electrons. The maximum absolute atomic E-state index is 3.67. The van der Waals surface area contributed by atoms with Gasteiger partial charge in [-0.05, 0) is 54.6 Å². The van der Waals surface area contributed by atoms with Gasteiger partial charge >= 0.3 is 0 Å². The molecule has 33 heavy (non-hydrogen) atoms. The fourth-order valence-electron chi connectivity index (χ4n) is 5.25. The molecule has 2 heterocycles. The van der Waals surface area contributed by atoms with Gasteiger partial charge in [0.1, 0.15) is 0 Å². The SMILES string of the molecule is Brc1ccc2c(c1)c1ccccc1n2-c1cccc2c1c1ccccc1n2-c1ccccc1. The molecule has 2 aromatic heterocycles. The minimum absolute atomic E-state index is 1.09. The van der Waals surface area contributed by atoms with Crippen molar-refractivity contribution in [3.05, 3.63) is 120 Å². The van der Waals surface area contributed by atoms with Gasteiger partial charge in [-0.25, -0.2) is 0 Å². The minimum atomic E-state index is 1.09. The summed E-state index contributed by atoms with van der Waals surface area (Å²) in [6.07, 6.45) is 0. The number of hydrogen-bond donors (Lipinski definition) is 0. The van der Waals surface area contributed by atoms with Crippen LogP contribution in [-0.2, 0) is 0 Å². The van der Waals surface area contributed by atoms with Gasteiger partial charge in [-0.1, -0.05) is 76.6 Å². The van der Waals surface area contributed by atoms with Gasteiger partial charge in [0, 0.05) is 31.7 Å². The summed E-state index contributed by atoms with van der Waals surface area (Å²) in [5.74, 6) is 0. The lowest BCUT2D eigenvalue weighted by molar-refractivity contribution is 1.17. The second-order valence-electron chi connectivity index (χ2n) is 8.37. The number of aromatic nitrogens is 2. The summed E-state index contributed by atoms with van der Waals surface area (Å²) < 4.78 is 5.89.